The molecular weight excluding hydrogens is 350 g/mol. The van der Waals surface area contributed by atoms with Crippen LogP contribution < -0.4 is 0 Å². The summed E-state index contributed by atoms with van der Waals surface area (Å²) < 4.78 is 0. The number of carbonyl (C=O) groups excluding carboxylic acids is 2. The molecule has 0 atom stereocenters. The van der Waals surface area contributed by atoms with Gasteiger partial charge in [0, 0.05) is 57.6 Å². The molecule has 3 fully saturated rings. The fourth-order valence-corrected chi connectivity index (χ4v) is 4.25. The molecule has 1 saturated carbocycles. The molecule has 28 heavy (non-hydrogen) atoms. The van der Waals surface area contributed by atoms with Crippen molar-refractivity contribution in [3.63, 3.8) is 0 Å². The average Bonchev–Trinajstić information content (AvgIpc) is 3.60. The Kier molecular flexibility index (Phi) is 6.10. The topological polar surface area (TPSA) is 43.9 Å². The number of piperidine rings is 1. The fourth-order valence-electron chi connectivity index (χ4n) is 4.25. The highest BCUT2D eigenvalue weighted by Gasteiger charge is 2.37. The lowest BCUT2D eigenvalue weighted by atomic mass is 9.94. The number of hydrogen-bond acceptors (Lipinski definition) is 3. The van der Waals surface area contributed by atoms with Gasteiger partial charge in [-0.25, -0.2) is 0 Å². The third-order valence-electron chi connectivity index (χ3n) is 6.24. The molecule has 2 amide bonds. The Morgan fingerprint density at radius 1 is 0.786 bits per heavy atom. The van der Waals surface area contributed by atoms with Crippen molar-refractivity contribution >= 4 is 17.9 Å². The van der Waals surface area contributed by atoms with Crippen LogP contribution in [0.15, 0.2) is 36.4 Å². The van der Waals surface area contributed by atoms with E-state index < -0.39 is 0 Å². The molecule has 0 radical (unpaired) electrons. The maximum atomic E-state index is 12.9. The molecule has 3 aliphatic rings. The summed E-state index contributed by atoms with van der Waals surface area (Å²) >= 11 is 0. The molecule has 5 heteroatoms. The van der Waals surface area contributed by atoms with Gasteiger partial charge in [0.1, 0.15) is 0 Å². The number of amides is 2. The molecule has 0 spiro atoms. The van der Waals surface area contributed by atoms with Crippen LogP contribution in [0.5, 0.6) is 0 Å². The first-order valence-corrected chi connectivity index (χ1v) is 10.7. The summed E-state index contributed by atoms with van der Waals surface area (Å²) in [5, 5.41) is 0. The third-order valence-corrected chi connectivity index (χ3v) is 6.24. The molecule has 0 bridgehead atoms. The largest absolute Gasteiger partial charge is 0.342 e. The number of carbonyl (C=O) groups is 2. The lowest BCUT2D eigenvalue weighted by Gasteiger charge is -2.38. The Balaban J connectivity index is 1.18. The first-order valence-electron chi connectivity index (χ1n) is 10.7. The van der Waals surface area contributed by atoms with Crippen LogP contribution in [-0.4, -0.2) is 72.3 Å². The van der Waals surface area contributed by atoms with Crippen LogP contribution in [0.1, 0.15) is 31.2 Å². The lowest BCUT2D eigenvalue weighted by molar-refractivity contribution is -0.142. The molecule has 5 nitrogen and oxygen atoms in total. The second kappa shape index (κ2) is 8.91. The van der Waals surface area contributed by atoms with Crippen molar-refractivity contribution in [2.45, 2.75) is 25.7 Å². The molecule has 2 saturated heterocycles. The van der Waals surface area contributed by atoms with Crippen molar-refractivity contribution in [1.82, 2.24) is 14.7 Å². The number of benzene rings is 1. The van der Waals surface area contributed by atoms with Crippen molar-refractivity contribution < 1.29 is 9.59 Å². The maximum absolute atomic E-state index is 12.9. The normalized spacial score (nSPS) is 22.0. The smallest absolute Gasteiger partial charge is 0.225 e. The van der Waals surface area contributed by atoms with Crippen LogP contribution in [-0.2, 0) is 9.59 Å². The van der Waals surface area contributed by atoms with E-state index in [1.165, 1.54) is 5.56 Å². The molecule has 2 heterocycles. The van der Waals surface area contributed by atoms with E-state index in [0.717, 1.165) is 71.5 Å². The van der Waals surface area contributed by atoms with Gasteiger partial charge in [-0.3, -0.25) is 14.5 Å². The predicted octanol–water partition coefficient (Wildman–Crippen LogP) is 2.49. The minimum Gasteiger partial charge on any atom is -0.342 e. The summed E-state index contributed by atoms with van der Waals surface area (Å²) in [6.45, 7) is 5.96. The summed E-state index contributed by atoms with van der Waals surface area (Å²) in [6.07, 6.45) is 8.15. The van der Waals surface area contributed by atoms with Crippen molar-refractivity contribution in [3.8, 4) is 0 Å². The minimum absolute atomic E-state index is 0.104. The monoisotopic (exact) mass is 381 g/mol. The second-order valence-electron chi connectivity index (χ2n) is 8.31. The maximum Gasteiger partial charge on any atom is 0.225 e. The highest BCUT2D eigenvalue weighted by atomic mass is 16.2. The summed E-state index contributed by atoms with van der Waals surface area (Å²) in [5.41, 5.74) is 1.22. The van der Waals surface area contributed by atoms with Gasteiger partial charge in [-0.15, -0.1) is 0 Å². The van der Waals surface area contributed by atoms with Gasteiger partial charge < -0.3 is 9.80 Å². The highest BCUT2D eigenvalue weighted by Crippen LogP contribution is 2.32. The number of likely N-dealkylation sites (tertiary alicyclic amines) is 1. The molecule has 1 aliphatic carbocycles. The van der Waals surface area contributed by atoms with Gasteiger partial charge in [0.25, 0.3) is 0 Å². The van der Waals surface area contributed by atoms with E-state index in [-0.39, 0.29) is 11.8 Å². The number of hydrogen-bond donors (Lipinski definition) is 0. The van der Waals surface area contributed by atoms with Gasteiger partial charge in [-0.2, -0.15) is 0 Å². The second-order valence-corrected chi connectivity index (χ2v) is 8.31. The van der Waals surface area contributed by atoms with Crippen LogP contribution >= 0.6 is 0 Å². The van der Waals surface area contributed by atoms with Gasteiger partial charge in [-0.1, -0.05) is 42.5 Å². The lowest BCUT2D eigenvalue weighted by Crippen LogP contribution is -2.52. The van der Waals surface area contributed by atoms with E-state index in [9.17, 15) is 9.59 Å². The predicted molar refractivity (Wildman–Crippen MR) is 111 cm³/mol. The summed E-state index contributed by atoms with van der Waals surface area (Å²) in [4.78, 5) is 31.5. The summed E-state index contributed by atoms with van der Waals surface area (Å²) in [6, 6.07) is 10.3. The van der Waals surface area contributed by atoms with Crippen molar-refractivity contribution in [2.75, 3.05) is 45.8 Å². The van der Waals surface area contributed by atoms with Crippen LogP contribution in [0.2, 0.25) is 0 Å². The zero-order valence-corrected chi connectivity index (χ0v) is 16.6. The van der Waals surface area contributed by atoms with Crippen molar-refractivity contribution in [3.05, 3.63) is 42.0 Å². The van der Waals surface area contributed by atoms with Crippen molar-refractivity contribution in [2.24, 2.45) is 11.8 Å². The zero-order chi connectivity index (χ0) is 19.3. The molecule has 0 unspecified atom stereocenters. The quantitative estimate of drug-likeness (QED) is 0.787. The van der Waals surface area contributed by atoms with Crippen LogP contribution in [0.4, 0.5) is 0 Å². The van der Waals surface area contributed by atoms with Crippen LogP contribution in [0, 0.1) is 11.8 Å². The van der Waals surface area contributed by atoms with Gasteiger partial charge in [0.15, 0.2) is 0 Å². The van der Waals surface area contributed by atoms with E-state index in [4.69, 9.17) is 0 Å². The molecule has 1 aromatic rings. The molecule has 0 aromatic heterocycles. The first-order chi connectivity index (χ1) is 13.7. The van der Waals surface area contributed by atoms with Gasteiger partial charge in [0.05, 0.1) is 0 Å². The first kappa shape index (κ1) is 19.2. The van der Waals surface area contributed by atoms with Crippen LogP contribution in [0.3, 0.4) is 0 Å². The molecule has 0 N–H and O–H groups in total. The highest BCUT2D eigenvalue weighted by molar-refractivity contribution is 5.82. The molecule has 1 aromatic carbocycles. The number of piperazine rings is 1. The van der Waals surface area contributed by atoms with E-state index in [1.807, 2.05) is 15.9 Å². The fraction of sp³-hybridized carbons (Fsp3) is 0.565. The zero-order valence-electron chi connectivity index (χ0n) is 16.6. The molecule has 150 valence electrons. The Morgan fingerprint density at radius 3 is 1.96 bits per heavy atom. The Bertz CT molecular complexity index is 698. The van der Waals surface area contributed by atoms with E-state index in [0.29, 0.717) is 11.8 Å². The Labute approximate surface area is 168 Å². The van der Waals surface area contributed by atoms with E-state index in [1.54, 1.807) is 0 Å². The number of nitrogens with zero attached hydrogens (tertiary/aromatic N) is 3. The van der Waals surface area contributed by atoms with Crippen LogP contribution in [0.25, 0.3) is 6.08 Å². The van der Waals surface area contributed by atoms with Gasteiger partial charge in [0.2, 0.25) is 11.8 Å². The Hall–Kier alpha value is -2.14. The van der Waals surface area contributed by atoms with Crippen molar-refractivity contribution in [1.29, 1.82) is 0 Å². The number of rotatable bonds is 5. The Morgan fingerprint density at radius 2 is 1.36 bits per heavy atom. The standard InChI is InChI=1S/C23H31N3O2/c27-22(20-8-9-20)25-13-10-21(11-14-25)23(28)26-17-15-24(16-18-26)12-4-7-19-5-2-1-3-6-19/h1-7,20-21H,8-18H2/b7-4+. The third kappa shape index (κ3) is 4.82. The molecule has 4 rings (SSSR count). The van der Waals surface area contributed by atoms with E-state index >= 15 is 0 Å². The van der Waals surface area contributed by atoms with Gasteiger partial charge >= 0.3 is 0 Å². The molecular formula is C23H31N3O2. The minimum atomic E-state index is 0.104. The summed E-state index contributed by atoms with van der Waals surface area (Å²) in [5.74, 6) is 1.02. The summed E-state index contributed by atoms with van der Waals surface area (Å²) in [7, 11) is 0. The SMILES string of the molecule is O=C(C1CC1)N1CCC(C(=O)N2CCN(C/C=C/c3ccccc3)CC2)CC1. The van der Waals surface area contributed by atoms with Gasteiger partial charge in [-0.05, 0) is 31.2 Å². The molecule has 2 aliphatic heterocycles. The average molecular weight is 382 g/mol. The van der Waals surface area contributed by atoms with E-state index in [2.05, 4.69) is 41.3 Å².